The molecule has 3 aromatic rings. The second kappa shape index (κ2) is 10.6. The zero-order valence-corrected chi connectivity index (χ0v) is 18.3. The second-order valence-electron chi connectivity index (χ2n) is 5.50. The maximum Gasteiger partial charge on any atom is 0.207 e. The van der Waals surface area contributed by atoms with E-state index in [2.05, 4.69) is 44.3 Å². The highest BCUT2D eigenvalue weighted by Gasteiger charge is 2.08. The van der Waals surface area contributed by atoms with Gasteiger partial charge in [-0.1, -0.05) is 46.9 Å². The Bertz CT molecular complexity index is 955. The van der Waals surface area contributed by atoms with Gasteiger partial charge in [0.15, 0.2) is 10.2 Å². The van der Waals surface area contributed by atoms with Crippen molar-refractivity contribution in [3.05, 3.63) is 57.0 Å². The number of H-pyrrole nitrogens is 1. The number of fused-ring (bicyclic) bond motifs is 1. The van der Waals surface area contributed by atoms with E-state index in [9.17, 15) is 0 Å². The van der Waals surface area contributed by atoms with Crippen LogP contribution in [0, 0.1) is 0 Å². The zero-order chi connectivity index (χ0) is 20.7. The van der Waals surface area contributed by atoms with Gasteiger partial charge in [-0.2, -0.15) is 0 Å². The first kappa shape index (κ1) is 22.4. The van der Waals surface area contributed by atoms with Crippen molar-refractivity contribution in [2.45, 2.75) is 6.42 Å². The number of hydrogen-bond donors (Lipinski definition) is 5. The average Bonchev–Trinajstić information content (AvgIpc) is 3.00. The number of imidazole rings is 1. The van der Waals surface area contributed by atoms with Crippen molar-refractivity contribution in [1.82, 2.24) is 15.3 Å². The van der Waals surface area contributed by atoms with Gasteiger partial charge in [-0.25, -0.2) is 4.98 Å². The Kier molecular flexibility index (Phi) is 8.53. The summed E-state index contributed by atoms with van der Waals surface area (Å²) < 4.78 is 0. The lowest BCUT2D eigenvalue weighted by Gasteiger charge is -2.10. The van der Waals surface area contributed by atoms with Crippen LogP contribution in [0.3, 0.4) is 0 Å². The van der Waals surface area contributed by atoms with Crippen LogP contribution in [0.2, 0.25) is 15.1 Å². The minimum absolute atomic E-state index is 0.000000000000000222. The molecule has 0 aliphatic heterocycles. The third-order valence-electron chi connectivity index (χ3n) is 3.37. The molecule has 3 rings (SSSR count). The number of halogens is 3. The van der Waals surface area contributed by atoms with Crippen molar-refractivity contribution in [3.8, 4) is 0 Å². The molecule has 0 bridgehead atoms. The van der Waals surface area contributed by atoms with Crippen LogP contribution in [0.4, 0.5) is 5.95 Å². The van der Waals surface area contributed by atoms with Gasteiger partial charge < -0.3 is 27.1 Å². The van der Waals surface area contributed by atoms with Gasteiger partial charge >= 0.3 is 0 Å². The van der Waals surface area contributed by atoms with E-state index in [1.807, 2.05) is 24.3 Å². The van der Waals surface area contributed by atoms with Gasteiger partial charge in [0.2, 0.25) is 5.95 Å². The normalized spacial score (nSPS) is 10.1. The topological polar surface area (TPSA) is 105 Å². The predicted molar refractivity (Wildman–Crippen MR) is 126 cm³/mol. The molecule has 0 atom stereocenters. The van der Waals surface area contributed by atoms with Crippen LogP contribution in [0.25, 0.3) is 11.0 Å². The highest BCUT2D eigenvalue weighted by molar-refractivity contribution is 7.80. The Balaban J connectivity index is 0.000000640. The average molecular weight is 476 g/mol. The molecule has 0 fully saturated rings. The first-order valence-electron chi connectivity index (χ1n) is 7.94. The summed E-state index contributed by atoms with van der Waals surface area (Å²) in [5, 5.41) is 8.12. The Morgan fingerprint density at radius 2 is 1.79 bits per heavy atom. The number of anilines is 1. The highest BCUT2D eigenvalue weighted by Crippen LogP contribution is 2.29. The minimum atomic E-state index is 0.000000000000000222. The fourth-order valence-electron chi connectivity index (χ4n) is 2.27. The standard InChI is InChI=1S/C16H13Cl3N4S.CH4N2S/c17-10-7-9(14(19)11(18)8-10)5-6-20-16(24)23-15-21-12-3-1-2-4-13(12)22-15;2-1(3)4/h1-4,7-8H,5-6H2,(H3,20,21,22,23,24);(H4,2,3,4). The van der Waals surface area contributed by atoms with Gasteiger partial charge in [-0.05, 0) is 60.7 Å². The van der Waals surface area contributed by atoms with E-state index >= 15 is 0 Å². The van der Waals surface area contributed by atoms with E-state index in [-0.39, 0.29) is 5.11 Å². The third-order valence-corrected chi connectivity index (χ3v) is 4.68. The number of benzene rings is 2. The number of nitrogens with zero attached hydrogens (tertiary/aromatic N) is 1. The van der Waals surface area contributed by atoms with Crippen molar-refractivity contribution in [2.75, 3.05) is 11.9 Å². The number of thiocarbonyl (C=S) groups is 2. The van der Waals surface area contributed by atoms with Gasteiger partial charge in [-0.15, -0.1) is 0 Å². The van der Waals surface area contributed by atoms with E-state index in [1.165, 1.54) is 0 Å². The number of aromatic amines is 1. The molecule has 0 radical (unpaired) electrons. The molecular formula is C17H17Cl3N6S2. The summed E-state index contributed by atoms with van der Waals surface area (Å²) in [5.41, 5.74) is 11.9. The molecule has 0 saturated carbocycles. The van der Waals surface area contributed by atoms with Crippen LogP contribution in [0.5, 0.6) is 0 Å². The van der Waals surface area contributed by atoms with Gasteiger partial charge in [-0.3, -0.25) is 0 Å². The molecular weight excluding hydrogens is 459 g/mol. The largest absolute Gasteiger partial charge is 0.377 e. The predicted octanol–water partition coefficient (Wildman–Crippen LogP) is 4.24. The maximum absolute atomic E-state index is 6.17. The number of aromatic nitrogens is 2. The Morgan fingerprint density at radius 3 is 2.46 bits per heavy atom. The van der Waals surface area contributed by atoms with Crippen molar-refractivity contribution in [2.24, 2.45) is 11.5 Å². The van der Waals surface area contributed by atoms with Crippen LogP contribution >= 0.6 is 59.2 Å². The van der Waals surface area contributed by atoms with E-state index in [0.29, 0.717) is 39.1 Å². The second-order valence-corrected chi connectivity index (χ2v) is 7.60. The summed E-state index contributed by atoms with van der Waals surface area (Å²) >= 11 is 27.6. The quantitative estimate of drug-likeness (QED) is 0.284. The van der Waals surface area contributed by atoms with E-state index < -0.39 is 0 Å². The lowest BCUT2D eigenvalue weighted by atomic mass is 10.1. The van der Waals surface area contributed by atoms with E-state index in [4.69, 9.17) is 47.0 Å². The van der Waals surface area contributed by atoms with Crippen molar-refractivity contribution < 1.29 is 0 Å². The van der Waals surface area contributed by atoms with Crippen LogP contribution in [0.15, 0.2) is 36.4 Å². The van der Waals surface area contributed by atoms with Crippen LogP contribution in [0.1, 0.15) is 5.56 Å². The number of rotatable bonds is 4. The molecule has 0 aliphatic carbocycles. The summed E-state index contributed by atoms with van der Waals surface area (Å²) in [6.45, 7) is 0.586. The molecule has 0 aliphatic rings. The monoisotopic (exact) mass is 474 g/mol. The number of nitrogens with one attached hydrogen (secondary N) is 3. The third kappa shape index (κ3) is 6.96. The van der Waals surface area contributed by atoms with Crippen LogP contribution in [-0.4, -0.2) is 26.7 Å². The van der Waals surface area contributed by atoms with Gasteiger partial charge in [0, 0.05) is 11.6 Å². The van der Waals surface area contributed by atoms with Crippen molar-refractivity contribution in [3.63, 3.8) is 0 Å². The molecule has 0 saturated heterocycles. The number of nitrogens with two attached hydrogens (primary N) is 2. The molecule has 28 heavy (non-hydrogen) atoms. The summed E-state index contributed by atoms with van der Waals surface area (Å²) in [4.78, 5) is 7.56. The molecule has 0 unspecified atom stereocenters. The molecule has 6 nitrogen and oxygen atoms in total. The molecule has 1 aromatic heterocycles. The van der Waals surface area contributed by atoms with E-state index in [0.717, 1.165) is 16.6 Å². The molecule has 11 heteroatoms. The minimum Gasteiger partial charge on any atom is -0.377 e. The molecule has 148 valence electrons. The van der Waals surface area contributed by atoms with Crippen molar-refractivity contribution in [1.29, 1.82) is 0 Å². The summed E-state index contributed by atoms with van der Waals surface area (Å²) in [6.07, 6.45) is 0.640. The van der Waals surface area contributed by atoms with Crippen LogP contribution < -0.4 is 22.1 Å². The Labute approximate surface area is 187 Å². The Morgan fingerprint density at radius 1 is 1.11 bits per heavy atom. The summed E-state index contributed by atoms with van der Waals surface area (Å²) in [7, 11) is 0. The number of hydrogen-bond acceptors (Lipinski definition) is 3. The van der Waals surface area contributed by atoms with E-state index in [1.54, 1.807) is 12.1 Å². The lowest BCUT2D eigenvalue weighted by Crippen LogP contribution is -2.30. The Hall–Kier alpha value is -1.84. The molecule has 0 spiro atoms. The first-order valence-corrected chi connectivity index (χ1v) is 9.89. The molecule has 0 amide bonds. The van der Waals surface area contributed by atoms with Crippen molar-refractivity contribution >= 4 is 86.4 Å². The molecule has 1 heterocycles. The lowest BCUT2D eigenvalue weighted by molar-refractivity contribution is 0.873. The van der Waals surface area contributed by atoms with Crippen LogP contribution in [-0.2, 0) is 6.42 Å². The summed E-state index contributed by atoms with van der Waals surface area (Å²) in [6, 6.07) is 11.2. The summed E-state index contributed by atoms with van der Waals surface area (Å²) in [5.74, 6) is 0.595. The maximum atomic E-state index is 6.17. The highest BCUT2D eigenvalue weighted by atomic mass is 35.5. The number of para-hydroxylation sites is 2. The SMILES string of the molecule is NC(N)=S.S=C(NCCc1cc(Cl)cc(Cl)c1Cl)Nc1nc2ccccc2[nH]1. The van der Waals surface area contributed by atoms with Gasteiger partial charge in [0.25, 0.3) is 0 Å². The smallest absolute Gasteiger partial charge is 0.207 e. The van der Waals surface area contributed by atoms with Gasteiger partial charge in [0.05, 0.1) is 21.1 Å². The van der Waals surface area contributed by atoms with Gasteiger partial charge in [0.1, 0.15) is 0 Å². The first-order chi connectivity index (χ1) is 13.3. The molecule has 7 N–H and O–H groups in total. The fraction of sp³-hybridized carbons (Fsp3) is 0.118. The molecule has 2 aromatic carbocycles. The zero-order valence-electron chi connectivity index (χ0n) is 14.4. The fourth-order valence-corrected chi connectivity index (χ4v) is 3.20.